The molecule has 1 fully saturated rings. The summed E-state index contributed by atoms with van der Waals surface area (Å²) in [5.74, 6) is 0. The van der Waals surface area contributed by atoms with Crippen molar-refractivity contribution in [3.05, 3.63) is 34.9 Å². The zero-order valence-electron chi connectivity index (χ0n) is 11.7. The molecule has 1 aromatic rings. The van der Waals surface area contributed by atoms with Gasteiger partial charge in [0.05, 0.1) is 12.2 Å². The Kier molecular flexibility index (Phi) is 6.15. The van der Waals surface area contributed by atoms with Crippen molar-refractivity contribution in [2.75, 3.05) is 13.1 Å². The van der Waals surface area contributed by atoms with E-state index in [2.05, 4.69) is 24.4 Å². The summed E-state index contributed by atoms with van der Waals surface area (Å²) in [5, 5.41) is 4.17. The Labute approximate surface area is 121 Å². The number of rotatable bonds is 6. The molecule has 0 aliphatic heterocycles. The monoisotopic (exact) mass is 281 g/mol. The SMILES string of the molecule is CCNCC(OC1CCCCC1)c1ccc(Cl)cc1. The minimum absolute atomic E-state index is 0.139. The van der Waals surface area contributed by atoms with Gasteiger partial charge >= 0.3 is 0 Å². The average molecular weight is 282 g/mol. The molecular formula is C16H24ClNO. The molecule has 2 nitrogen and oxygen atoms in total. The minimum atomic E-state index is 0.139. The normalized spacial score (nSPS) is 18.4. The third-order valence-electron chi connectivity index (χ3n) is 3.73. The van der Waals surface area contributed by atoms with Crippen LogP contribution in [0, 0.1) is 0 Å². The first-order valence-corrected chi connectivity index (χ1v) is 7.79. The van der Waals surface area contributed by atoms with Crippen molar-refractivity contribution in [2.24, 2.45) is 0 Å². The molecule has 1 saturated carbocycles. The van der Waals surface area contributed by atoms with Crippen molar-refractivity contribution in [3.8, 4) is 0 Å². The Bertz CT molecular complexity index is 360. The van der Waals surface area contributed by atoms with E-state index in [4.69, 9.17) is 16.3 Å². The molecule has 1 aliphatic carbocycles. The molecular weight excluding hydrogens is 258 g/mol. The van der Waals surface area contributed by atoms with Crippen LogP contribution in [0.1, 0.15) is 50.7 Å². The quantitative estimate of drug-likeness (QED) is 0.837. The van der Waals surface area contributed by atoms with Crippen molar-refractivity contribution < 1.29 is 4.74 Å². The summed E-state index contributed by atoms with van der Waals surface area (Å²) >= 11 is 5.96. The zero-order chi connectivity index (χ0) is 13.5. The number of nitrogens with one attached hydrogen (secondary N) is 1. The minimum Gasteiger partial charge on any atom is -0.369 e. The highest BCUT2D eigenvalue weighted by Crippen LogP contribution is 2.27. The highest BCUT2D eigenvalue weighted by molar-refractivity contribution is 6.30. The summed E-state index contributed by atoms with van der Waals surface area (Å²) in [5.41, 5.74) is 1.22. The van der Waals surface area contributed by atoms with Crippen molar-refractivity contribution in [3.63, 3.8) is 0 Å². The molecule has 0 bridgehead atoms. The van der Waals surface area contributed by atoms with Crippen molar-refractivity contribution in [1.82, 2.24) is 5.32 Å². The van der Waals surface area contributed by atoms with Gasteiger partial charge in [-0.2, -0.15) is 0 Å². The Hall–Kier alpha value is -0.570. The first-order chi connectivity index (χ1) is 9.29. The number of ether oxygens (including phenoxy) is 1. The predicted octanol–water partition coefficient (Wildman–Crippen LogP) is 4.34. The van der Waals surface area contributed by atoms with Gasteiger partial charge in [0.2, 0.25) is 0 Å². The van der Waals surface area contributed by atoms with E-state index in [1.54, 1.807) is 0 Å². The van der Waals surface area contributed by atoms with E-state index in [0.717, 1.165) is 18.1 Å². The lowest BCUT2D eigenvalue weighted by molar-refractivity contribution is -0.0304. The number of likely N-dealkylation sites (N-methyl/N-ethyl adjacent to an activating group) is 1. The second kappa shape index (κ2) is 7.88. The molecule has 0 heterocycles. The second-order valence-electron chi connectivity index (χ2n) is 5.24. The zero-order valence-corrected chi connectivity index (χ0v) is 12.5. The number of halogens is 1. The van der Waals surface area contributed by atoms with Gasteiger partial charge in [-0.15, -0.1) is 0 Å². The molecule has 0 spiro atoms. The molecule has 0 amide bonds. The smallest absolute Gasteiger partial charge is 0.0952 e. The van der Waals surface area contributed by atoms with E-state index >= 15 is 0 Å². The van der Waals surface area contributed by atoms with Gasteiger partial charge in [0.25, 0.3) is 0 Å². The van der Waals surface area contributed by atoms with Gasteiger partial charge in [0.15, 0.2) is 0 Å². The van der Waals surface area contributed by atoms with Crippen LogP contribution in [0.2, 0.25) is 5.02 Å². The highest BCUT2D eigenvalue weighted by Gasteiger charge is 2.20. The number of hydrogen-bond donors (Lipinski definition) is 1. The number of benzene rings is 1. The molecule has 1 aromatic carbocycles. The van der Waals surface area contributed by atoms with Crippen LogP contribution in [0.15, 0.2) is 24.3 Å². The lowest BCUT2D eigenvalue weighted by Crippen LogP contribution is -2.27. The van der Waals surface area contributed by atoms with Crippen LogP contribution in [0.4, 0.5) is 0 Å². The standard InChI is InChI=1S/C16H24ClNO/c1-2-18-12-16(13-8-10-14(17)11-9-13)19-15-6-4-3-5-7-15/h8-11,15-16,18H,2-7,12H2,1H3. The fourth-order valence-corrected chi connectivity index (χ4v) is 2.76. The third-order valence-corrected chi connectivity index (χ3v) is 3.98. The first kappa shape index (κ1) is 14.8. The van der Waals surface area contributed by atoms with Gasteiger partial charge < -0.3 is 10.1 Å². The molecule has 0 radical (unpaired) electrons. The van der Waals surface area contributed by atoms with Crippen LogP contribution in [0.5, 0.6) is 0 Å². The lowest BCUT2D eigenvalue weighted by atomic mass is 9.97. The summed E-state index contributed by atoms with van der Waals surface area (Å²) in [7, 11) is 0. The van der Waals surface area contributed by atoms with Gasteiger partial charge in [-0.3, -0.25) is 0 Å². The van der Waals surface area contributed by atoms with E-state index in [-0.39, 0.29) is 6.10 Å². The average Bonchev–Trinajstić information content (AvgIpc) is 2.45. The molecule has 0 aromatic heterocycles. The molecule has 1 unspecified atom stereocenters. The van der Waals surface area contributed by atoms with Gasteiger partial charge in [0.1, 0.15) is 0 Å². The largest absolute Gasteiger partial charge is 0.369 e. The van der Waals surface area contributed by atoms with Gasteiger partial charge in [-0.25, -0.2) is 0 Å². The van der Waals surface area contributed by atoms with Gasteiger partial charge in [0, 0.05) is 11.6 Å². The topological polar surface area (TPSA) is 21.3 Å². The fraction of sp³-hybridized carbons (Fsp3) is 0.625. The van der Waals surface area contributed by atoms with Gasteiger partial charge in [-0.05, 0) is 37.1 Å². The summed E-state index contributed by atoms with van der Waals surface area (Å²) in [6.45, 7) is 3.96. The Balaban J connectivity index is 1.99. The maximum Gasteiger partial charge on any atom is 0.0952 e. The lowest BCUT2D eigenvalue weighted by Gasteiger charge is -2.28. The molecule has 1 aliphatic rings. The second-order valence-corrected chi connectivity index (χ2v) is 5.68. The van der Waals surface area contributed by atoms with Crippen LogP contribution < -0.4 is 5.32 Å². The maximum atomic E-state index is 6.31. The van der Waals surface area contributed by atoms with Crippen LogP contribution in [-0.2, 0) is 4.74 Å². The molecule has 19 heavy (non-hydrogen) atoms. The molecule has 3 heteroatoms. The Morgan fingerprint density at radius 2 is 1.89 bits per heavy atom. The van der Waals surface area contributed by atoms with Crippen LogP contribution in [0.25, 0.3) is 0 Å². The van der Waals surface area contributed by atoms with Crippen LogP contribution in [-0.4, -0.2) is 19.2 Å². The van der Waals surface area contributed by atoms with Crippen LogP contribution in [0.3, 0.4) is 0 Å². The first-order valence-electron chi connectivity index (χ1n) is 7.41. The molecule has 1 N–H and O–H groups in total. The van der Waals surface area contributed by atoms with Crippen molar-refractivity contribution in [1.29, 1.82) is 0 Å². The predicted molar refractivity (Wildman–Crippen MR) is 80.7 cm³/mol. The maximum absolute atomic E-state index is 6.31. The van der Waals surface area contributed by atoms with E-state index in [9.17, 15) is 0 Å². The fourth-order valence-electron chi connectivity index (χ4n) is 2.63. The van der Waals surface area contributed by atoms with E-state index in [0.29, 0.717) is 6.10 Å². The van der Waals surface area contributed by atoms with E-state index < -0.39 is 0 Å². The Morgan fingerprint density at radius 1 is 1.21 bits per heavy atom. The van der Waals surface area contributed by atoms with E-state index in [1.807, 2.05) is 12.1 Å². The highest BCUT2D eigenvalue weighted by atomic mass is 35.5. The van der Waals surface area contributed by atoms with Gasteiger partial charge in [-0.1, -0.05) is 49.9 Å². The summed E-state index contributed by atoms with van der Waals surface area (Å²) in [6, 6.07) is 8.04. The Morgan fingerprint density at radius 3 is 2.53 bits per heavy atom. The third kappa shape index (κ3) is 4.79. The molecule has 1 atom stereocenters. The van der Waals surface area contributed by atoms with Crippen molar-refractivity contribution in [2.45, 2.75) is 51.2 Å². The summed E-state index contributed by atoms with van der Waals surface area (Å²) in [4.78, 5) is 0. The molecule has 2 rings (SSSR count). The number of hydrogen-bond acceptors (Lipinski definition) is 2. The van der Waals surface area contributed by atoms with Crippen LogP contribution >= 0.6 is 11.6 Å². The summed E-state index contributed by atoms with van der Waals surface area (Å²) < 4.78 is 6.31. The van der Waals surface area contributed by atoms with E-state index in [1.165, 1.54) is 37.7 Å². The van der Waals surface area contributed by atoms with Crippen molar-refractivity contribution >= 4 is 11.6 Å². The molecule has 0 saturated heterocycles. The molecule has 106 valence electrons. The summed E-state index contributed by atoms with van der Waals surface area (Å²) in [6.07, 6.45) is 6.94.